The lowest BCUT2D eigenvalue weighted by Crippen LogP contribution is -2.36. The van der Waals surface area contributed by atoms with Crippen LogP contribution in [0.3, 0.4) is 0 Å². The molecule has 1 aliphatic carbocycles. The van der Waals surface area contributed by atoms with Crippen LogP contribution in [0.25, 0.3) is 0 Å². The summed E-state index contributed by atoms with van der Waals surface area (Å²) in [5, 5.41) is 0.914. The van der Waals surface area contributed by atoms with Crippen molar-refractivity contribution in [1.82, 2.24) is 0 Å². The lowest BCUT2D eigenvalue weighted by atomic mass is 9.88. The van der Waals surface area contributed by atoms with Crippen LogP contribution in [0.1, 0.15) is 66.2 Å². The molecule has 4 atom stereocenters. The molecule has 5 nitrogen and oxygen atoms in total. The Balaban J connectivity index is 1.61. The van der Waals surface area contributed by atoms with Crippen molar-refractivity contribution in [2.45, 2.75) is 84.0 Å². The summed E-state index contributed by atoms with van der Waals surface area (Å²) < 4.78 is 24.2. The molecule has 2 aliphatic heterocycles. The molecule has 1 aromatic carbocycles. The maximum absolute atomic E-state index is 12.2. The molecule has 0 amide bonds. The molecule has 1 unspecified atom stereocenters. The number of ether oxygens (including phenoxy) is 2. The smallest absolute Gasteiger partial charge is 0.334 e. The van der Waals surface area contributed by atoms with E-state index in [9.17, 15) is 4.79 Å². The Morgan fingerprint density at radius 2 is 1.82 bits per heavy atom. The Kier molecular flexibility index (Phi) is 7.54. The van der Waals surface area contributed by atoms with E-state index in [1.807, 2.05) is 31.2 Å². The Morgan fingerprint density at radius 1 is 1.09 bits per heavy atom. The van der Waals surface area contributed by atoms with Gasteiger partial charge >= 0.3 is 5.97 Å². The van der Waals surface area contributed by atoms with Crippen molar-refractivity contribution in [2.75, 3.05) is 7.11 Å². The predicted molar refractivity (Wildman–Crippen MR) is 139 cm³/mol. The molecule has 0 N–H and O–H groups in total. The van der Waals surface area contributed by atoms with Crippen LogP contribution >= 0.6 is 6.49 Å². The fraction of sp³-hybridized carbons (Fsp3) is 0.519. The molecule has 34 heavy (non-hydrogen) atoms. The molecule has 1 fully saturated rings. The molecule has 0 saturated carbocycles. The van der Waals surface area contributed by atoms with Crippen molar-refractivity contribution in [3.63, 3.8) is 0 Å². The van der Waals surface area contributed by atoms with Gasteiger partial charge in [-0.25, -0.2) is 4.79 Å². The third-order valence-electron chi connectivity index (χ3n) is 7.19. The first-order valence-corrected chi connectivity index (χ1v) is 14.6. The first-order valence-electron chi connectivity index (χ1n) is 12.0. The summed E-state index contributed by atoms with van der Waals surface area (Å²) >= 11 is 6.02. The van der Waals surface area contributed by atoms with Gasteiger partial charge in [-0.15, -0.1) is 0 Å². The second-order valence-electron chi connectivity index (χ2n) is 9.81. The molecular weight excluding hydrogens is 467 g/mol. The van der Waals surface area contributed by atoms with Gasteiger partial charge in [0.15, 0.2) is 0 Å². The van der Waals surface area contributed by atoms with Crippen molar-refractivity contribution >= 4 is 29.6 Å². The largest absolute Gasteiger partial charge is 0.497 e. The van der Waals surface area contributed by atoms with Gasteiger partial charge in [-0.1, -0.05) is 17.2 Å². The molecule has 1 saturated heterocycles. The number of carbonyl (C=O) groups excluding carboxylic acids is 1. The zero-order chi connectivity index (χ0) is 24.5. The third-order valence-corrected chi connectivity index (χ3v) is 10.4. The van der Waals surface area contributed by atoms with Crippen LogP contribution in [0.15, 0.2) is 58.7 Å². The maximum Gasteiger partial charge on any atom is 0.334 e. The lowest BCUT2D eigenvalue weighted by molar-refractivity contribution is -0.138. The average molecular weight is 503 g/mol. The molecule has 0 bridgehead atoms. The fourth-order valence-electron chi connectivity index (χ4n) is 4.90. The highest BCUT2D eigenvalue weighted by molar-refractivity contribution is 8.13. The van der Waals surface area contributed by atoms with Crippen molar-refractivity contribution in [2.24, 2.45) is 0 Å². The zero-order valence-corrected chi connectivity index (χ0v) is 22.5. The minimum absolute atomic E-state index is 0.108. The van der Waals surface area contributed by atoms with E-state index in [0.29, 0.717) is 0 Å². The minimum Gasteiger partial charge on any atom is -0.497 e. The molecule has 0 aromatic heterocycles. The van der Waals surface area contributed by atoms with E-state index in [2.05, 4.69) is 32.9 Å². The van der Waals surface area contributed by atoms with Gasteiger partial charge in [0.05, 0.1) is 18.8 Å². The number of carbonyl (C=O) groups is 1. The highest BCUT2D eigenvalue weighted by Crippen LogP contribution is 2.61. The first kappa shape index (κ1) is 25.4. The second kappa shape index (κ2) is 10.1. The molecule has 1 aromatic rings. The van der Waals surface area contributed by atoms with Gasteiger partial charge in [0.1, 0.15) is 11.9 Å². The Bertz CT molecular complexity index is 1090. The molecule has 0 radical (unpaired) electrons. The lowest BCUT2D eigenvalue weighted by Gasteiger charge is -2.28. The van der Waals surface area contributed by atoms with E-state index < -0.39 is 12.1 Å². The number of esters is 1. The van der Waals surface area contributed by atoms with Crippen LogP contribution in [0.5, 0.6) is 5.75 Å². The Hall–Kier alpha value is -1.72. The molecule has 2 heterocycles. The quantitative estimate of drug-likeness (QED) is 0.269. The number of hydrogen-bond donors (Lipinski definition) is 0. The number of methoxy groups -OCH3 is 1. The molecule has 7 heteroatoms. The van der Waals surface area contributed by atoms with E-state index in [1.165, 1.54) is 11.1 Å². The summed E-state index contributed by atoms with van der Waals surface area (Å²) in [6, 6.07) is 7.74. The summed E-state index contributed by atoms with van der Waals surface area (Å²) in [5.41, 5.74) is 3.90. The number of rotatable bonds is 2. The SMILES string of the molecule is COc1ccc(P2(=S)O[C@H]3CC/C(C)=C/[C@H]4OC(=O)C(C)=C4CC/C(C)=C/CC[C@]3(C)O2)cc1. The Morgan fingerprint density at radius 3 is 2.53 bits per heavy atom. The van der Waals surface area contributed by atoms with Gasteiger partial charge in [0.2, 0.25) is 6.49 Å². The van der Waals surface area contributed by atoms with Crippen LogP contribution in [0.4, 0.5) is 0 Å². The molecule has 3 aliphatic rings. The minimum atomic E-state index is -2.64. The topological polar surface area (TPSA) is 54.0 Å². The fourth-order valence-corrected chi connectivity index (χ4v) is 8.29. The summed E-state index contributed by atoms with van der Waals surface area (Å²) in [6.07, 6.45) is 9.14. The third kappa shape index (κ3) is 5.26. The number of hydrogen-bond acceptors (Lipinski definition) is 6. The highest BCUT2D eigenvalue weighted by Gasteiger charge is 2.49. The number of fused-ring (bicyclic) bond motifs is 2. The normalized spacial score (nSPS) is 35.9. The summed E-state index contributed by atoms with van der Waals surface area (Å²) in [7, 11) is 1.65. The van der Waals surface area contributed by atoms with Crippen molar-refractivity contribution in [3.05, 3.63) is 58.7 Å². The molecule has 184 valence electrons. The van der Waals surface area contributed by atoms with Crippen LogP contribution in [0, 0.1) is 0 Å². The zero-order valence-electron chi connectivity index (χ0n) is 20.8. The van der Waals surface area contributed by atoms with E-state index in [1.54, 1.807) is 7.11 Å². The van der Waals surface area contributed by atoms with Crippen LogP contribution in [-0.2, 0) is 30.4 Å². The summed E-state index contributed by atoms with van der Waals surface area (Å²) in [4.78, 5) is 12.2. The summed E-state index contributed by atoms with van der Waals surface area (Å²) in [6.45, 7) is 5.64. The van der Waals surface area contributed by atoms with Gasteiger partial charge in [0, 0.05) is 10.9 Å². The van der Waals surface area contributed by atoms with Gasteiger partial charge in [-0.2, -0.15) is 0 Å². The van der Waals surface area contributed by atoms with E-state index >= 15 is 0 Å². The van der Waals surface area contributed by atoms with Gasteiger partial charge in [-0.3, -0.25) is 0 Å². The molecule has 0 spiro atoms. The maximum atomic E-state index is 12.2. The number of benzene rings is 1. The van der Waals surface area contributed by atoms with Crippen LogP contribution < -0.4 is 10.0 Å². The highest BCUT2D eigenvalue weighted by atomic mass is 32.5. The van der Waals surface area contributed by atoms with Gasteiger partial charge in [0.25, 0.3) is 0 Å². The van der Waals surface area contributed by atoms with E-state index in [4.69, 9.17) is 30.3 Å². The average Bonchev–Trinajstić information content (AvgIpc) is 3.22. The number of allylic oxidation sites excluding steroid dienone is 3. The molecular formula is C27H35O5PS. The predicted octanol–water partition coefficient (Wildman–Crippen LogP) is 6.29. The van der Waals surface area contributed by atoms with Gasteiger partial charge in [-0.05, 0) is 114 Å². The van der Waals surface area contributed by atoms with Crippen molar-refractivity contribution in [3.8, 4) is 5.75 Å². The van der Waals surface area contributed by atoms with Gasteiger partial charge < -0.3 is 18.5 Å². The van der Waals surface area contributed by atoms with Crippen LogP contribution in [-0.4, -0.2) is 30.9 Å². The summed E-state index contributed by atoms with van der Waals surface area (Å²) in [5.74, 6) is 0.585. The first-order chi connectivity index (χ1) is 16.1. The van der Waals surface area contributed by atoms with E-state index in [0.717, 1.165) is 60.7 Å². The second-order valence-corrected chi connectivity index (χ2v) is 13.2. The van der Waals surface area contributed by atoms with E-state index in [-0.39, 0.29) is 18.2 Å². The van der Waals surface area contributed by atoms with Crippen LogP contribution in [0.2, 0.25) is 0 Å². The Labute approximate surface area is 208 Å². The monoisotopic (exact) mass is 502 g/mol. The molecule has 4 rings (SSSR count). The van der Waals surface area contributed by atoms with Crippen molar-refractivity contribution < 1.29 is 23.3 Å². The van der Waals surface area contributed by atoms with Crippen molar-refractivity contribution in [1.29, 1.82) is 0 Å². The standard InChI is InChI=1S/C27H35O5PS/c1-18-7-6-16-27(4)25(31-33(34,32-27)22-12-10-21(29-5)11-13-22)15-9-19(2)17-24-23(14-8-18)20(3)26(28)30-24/h7,10-13,17,24-25H,6,8-9,14-16H2,1-5H3/b18-7+,19-17+/t24-,25+,27+,33?/m1/s1.